The first-order valence-corrected chi connectivity index (χ1v) is 3.66. The summed E-state index contributed by atoms with van der Waals surface area (Å²) in [6.45, 7) is 0. The third-order valence-corrected chi connectivity index (χ3v) is 1.60. The Bertz CT molecular complexity index is 232. The van der Waals surface area contributed by atoms with E-state index in [0.717, 1.165) is 16.3 Å². The molecule has 0 aliphatic carbocycles. The predicted octanol–water partition coefficient (Wildman–Crippen LogP) is 2.20. The summed E-state index contributed by atoms with van der Waals surface area (Å²) >= 11 is 3.30. The topological polar surface area (TPSA) is 17.1 Å². The highest BCUT2D eigenvalue weighted by Crippen LogP contribution is 2.11. The lowest BCUT2D eigenvalue weighted by atomic mass is 10.2. The molecule has 0 aliphatic heterocycles. The van der Waals surface area contributed by atoms with Crippen LogP contribution in [0.1, 0.15) is 5.56 Å². The van der Waals surface area contributed by atoms with E-state index in [2.05, 4.69) is 15.9 Å². The zero-order chi connectivity index (χ0) is 7.40. The average Bonchev–Trinajstić information content (AvgIpc) is 1.88. The van der Waals surface area contributed by atoms with Gasteiger partial charge in [0.05, 0.1) is 6.42 Å². The Morgan fingerprint density at radius 3 is 2.80 bits per heavy atom. The summed E-state index contributed by atoms with van der Waals surface area (Å²) < 4.78 is 0.989. The van der Waals surface area contributed by atoms with E-state index in [1.807, 2.05) is 24.3 Å². The van der Waals surface area contributed by atoms with Gasteiger partial charge in [0.1, 0.15) is 6.29 Å². The zero-order valence-corrected chi connectivity index (χ0v) is 6.84. The first kappa shape index (κ1) is 7.48. The van der Waals surface area contributed by atoms with Crippen LogP contribution in [0.4, 0.5) is 0 Å². The van der Waals surface area contributed by atoms with Crippen molar-refractivity contribution in [2.75, 3.05) is 0 Å². The standard InChI is InChI=1S/C8H6BrO/c9-8-3-1-2-7(6-8)4-5-10/h1-6H. The van der Waals surface area contributed by atoms with E-state index in [1.165, 1.54) is 6.42 Å². The number of hydrogen-bond donors (Lipinski definition) is 0. The minimum atomic E-state index is 0.780. The molecule has 0 N–H and O–H groups in total. The molecule has 1 aromatic rings. The van der Waals surface area contributed by atoms with Crippen molar-refractivity contribution in [2.24, 2.45) is 0 Å². The molecule has 1 nitrogen and oxygen atoms in total. The molecular weight excluding hydrogens is 192 g/mol. The molecule has 0 saturated carbocycles. The number of benzene rings is 1. The molecule has 51 valence electrons. The van der Waals surface area contributed by atoms with Gasteiger partial charge in [0.15, 0.2) is 0 Å². The van der Waals surface area contributed by atoms with Gasteiger partial charge in [-0.15, -0.1) is 0 Å². The fraction of sp³-hybridized carbons (Fsp3) is 0. The van der Waals surface area contributed by atoms with E-state index in [4.69, 9.17) is 0 Å². The fourth-order valence-electron chi connectivity index (χ4n) is 0.689. The van der Waals surface area contributed by atoms with Crippen LogP contribution in [-0.2, 0) is 4.79 Å². The molecular formula is C8H6BrO. The van der Waals surface area contributed by atoms with Gasteiger partial charge in [-0.1, -0.05) is 28.1 Å². The van der Waals surface area contributed by atoms with Crippen molar-refractivity contribution in [2.45, 2.75) is 0 Å². The first-order valence-electron chi connectivity index (χ1n) is 2.87. The fourth-order valence-corrected chi connectivity index (χ4v) is 1.11. The molecule has 0 amide bonds. The second kappa shape index (κ2) is 3.52. The van der Waals surface area contributed by atoms with Crippen LogP contribution in [0.15, 0.2) is 28.7 Å². The maximum atomic E-state index is 10.0. The number of rotatable bonds is 2. The molecule has 0 aromatic heterocycles. The van der Waals surface area contributed by atoms with Crippen LogP contribution in [-0.4, -0.2) is 6.29 Å². The van der Waals surface area contributed by atoms with Gasteiger partial charge in [-0.25, -0.2) is 0 Å². The smallest absolute Gasteiger partial charge is 0.128 e. The summed E-state index contributed by atoms with van der Waals surface area (Å²) in [7, 11) is 0. The molecule has 2 heteroatoms. The quantitative estimate of drug-likeness (QED) is 0.665. The Kier molecular flexibility index (Phi) is 2.63. The Morgan fingerprint density at radius 1 is 1.40 bits per heavy atom. The highest BCUT2D eigenvalue weighted by molar-refractivity contribution is 9.10. The third kappa shape index (κ3) is 1.95. The molecule has 0 unspecified atom stereocenters. The van der Waals surface area contributed by atoms with Crippen LogP contribution in [0.5, 0.6) is 0 Å². The predicted molar refractivity (Wildman–Crippen MR) is 43.6 cm³/mol. The highest BCUT2D eigenvalue weighted by Gasteiger charge is 1.90. The van der Waals surface area contributed by atoms with Gasteiger partial charge >= 0.3 is 0 Å². The number of carbonyl (C=O) groups is 1. The van der Waals surface area contributed by atoms with Crippen molar-refractivity contribution in [3.05, 3.63) is 40.7 Å². The van der Waals surface area contributed by atoms with Crippen molar-refractivity contribution in [1.29, 1.82) is 0 Å². The van der Waals surface area contributed by atoms with Gasteiger partial charge in [-0.3, -0.25) is 0 Å². The highest BCUT2D eigenvalue weighted by atomic mass is 79.9. The second-order valence-electron chi connectivity index (χ2n) is 1.86. The third-order valence-electron chi connectivity index (χ3n) is 1.11. The molecule has 0 atom stereocenters. The molecule has 1 aromatic carbocycles. The second-order valence-corrected chi connectivity index (χ2v) is 2.77. The van der Waals surface area contributed by atoms with Gasteiger partial charge in [0, 0.05) is 4.47 Å². The molecule has 0 spiro atoms. The van der Waals surface area contributed by atoms with Crippen LogP contribution in [0.3, 0.4) is 0 Å². The van der Waals surface area contributed by atoms with Gasteiger partial charge in [0.25, 0.3) is 0 Å². The molecule has 0 aliphatic rings. The molecule has 10 heavy (non-hydrogen) atoms. The maximum Gasteiger partial charge on any atom is 0.128 e. The van der Waals surface area contributed by atoms with Crippen LogP contribution >= 0.6 is 15.9 Å². The number of hydrogen-bond acceptors (Lipinski definition) is 1. The molecule has 0 heterocycles. The van der Waals surface area contributed by atoms with E-state index >= 15 is 0 Å². The summed E-state index contributed by atoms with van der Waals surface area (Å²) in [5.41, 5.74) is 0.921. The van der Waals surface area contributed by atoms with E-state index in [0.29, 0.717) is 0 Å². The van der Waals surface area contributed by atoms with E-state index in [-0.39, 0.29) is 0 Å². The molecule has 1 radical (unpaired) electrons. The normalized spacial score (nSPS) is 9.30. The first-order chi connectivity index (χ1) is 4.83. The van der Waals surface area contributed by atoms with Crippen molar-refractivity contribution in [3.63, 3.8) is 0 Å². The largest absolute Gasteiger partial charge is 0.303 e. The summed E-state index contributed by atoms with van der Waals surface area (Å²) in [6, 6.07) is 7.56. The monoisotopic (exact) mass is 197 g/mol. The minimum Gasteiger partial charge on any atom is -0.303 e. The van der Waals surface area contributed by atoms with Crippen LogP contribution in [0.2, 0.25) is 0 Å². The van der Waals surface area contributed by atoms with Gasteiger partial charge in [-0.2, -0.15) is 0 Å². The number of carbonyl (C=O) groups excluding carboxylic acids is 1. The summed E-state index contributed by atoms with van der Waals surface area (Å²) in [5, 5.41) is 0. The zero-order valence-electron chi connectivity index (χ0n) is 5.25. The van der Waals surface area contributed by atoms with E-state index < -0.39 is 0 Å². The summed E-state index contributed by atoms with van der Waals surface area (Å²) in [4.78, 5) is 10.0. The lowest BCUT2D eigenvalue weighted by molar-refractivity contribution is -0.104. The Labute approximate surface area is 68.2 Å². The van der Waals surface area contributed by atoms with Crippen LogP contribution in [0.25, 0.3) is 0 Å². The maximum absolute atomic E-state index is 10.0. The van der Waals surface area contributed by atoms with Crippen LogP contribution in [0, 0.1) is 6.42 Å². The lowest BCUT2D eigenvalue weighted by Gasteiger charge is -1.93. The summed E-state index contributed by atoms with van der Waals surface area (Å²) in [6.07, 6.45) is 2.30. The van der Waals surface area contributed by atoms with Crippen molar-refractivity contribution in [3.8, 4) is 0 Å². The number of halogens is 1. The molecule has 0 saturated heterocycles. The Morgan fingerprint density at radius 2 is 2.20 bits per heavy atom. The van der Waals surface area contributed by atoms with E-state index in [9.17, 15) is 4.79 Å². The molecule has 0 bridgehead atoms. The molecule has 0 fully saturated rings. The van der Waals surface area contributed by atoms with Crippen molar-refractivity contribution >= 4 is 22.2 Å². The van der Waals surface area contributed by atoms with E-state index in [1.54, 1.807) is 0 Å². The lowest BCUT2D eigenvalue weighted by Crippen LogP contribution is -1.80. The van der Waals surface area contributed by atoms with Gasteiger partial charge in [0.2, 0.25) is 0 Å². The SMILES string of the molecule is O=C[CH]c1cccc(Br)c1. The van der Waals surface area contributed by atoms with Crippen LogP contribution < -0.4 is 0 Å². The Hall–Kier alpha value is -0.630. The van der Waals surface area contributed by atoms with Gasteiger partial charge < -0.3 is 4.79 Å². The van der Waals surface area contributed by atoms with Crippen molar-refractivity contribution in [1.82, 2.24) is 0 Å². The van der Waals surface area contributed by atoms with Gasteiger partial charge in [-0.05, 0) is 17.7 Å². The Balaban J connectivity index is 2.84. The molecule has 1 rings (SSSR count). The number of aldehydes is 1. The summed E-state index contributed by atoms with van der Waals surface area (Å²) in [5.74, 6) is 0. The minimum absolute atomic E-state index is 0.780. The average molecular weight is 198 g/mol. The van der Waals surface area contributed by atoms with Crippen molar-refractivity contribution < 1.29 is 4.79 Å².